The van der Waals surface area contributed by atoms with E-state index in [2.05, 4.69) is 5.32 Å². The summed E-state index contributed by atoms with van der Waals surface area (Å²) in [5, 5.41) is 3.18. The quantitative estimate of drug-likeness (QED) is 0.897. The smallest absolute Gasteiger partial charge is 0.224 e. The molecule has 1 amide bonds. The molecule has 1 aliphatic carbocycles. The molecule has 1 aromatic rings. The molecule has 112 valence electrons. The van der Waals surface area contributed by atoms with Crippen molar-refractivity contribution in [2.24, 2.45) is 11.7 Å². The first-order valence-electron chi connectivity index (χ1n) is 7.24. The number of carbonyl (C=O) groups excluding carboxylic acids is 1. The Kier molecular flexibility index (Phi) is 7.03. The van der Waals surface area contributed by atoms with Crippen LogP contribution in [0, 0.1) is 12.8 Å². The van der Waals surface area contributed by atoms with Gasteiger partial charge in [0, 0.05) is 6.04 Å². The molecule has 1 aliphatic rings. The molecule has 0 heterocycles. The third-order valence-corrected chi connectivity index (χ3v) is 4.17. The van der Waals surface area contributed by atoms with Gasteiger partial charge in [-0.2, -0.15) is 0 Å². The van der Waals surface area contributed by atoms with Crippen molar-refractivity contribution in [1.82, 2.24) is 5.32 Å². The maximum absolute atomic E-state index is 12.1. The number of hydrogen-bond acceptors (Lipinski definition) is 2. The van der Waals surface area contributed by atoms with Gasteiger partial charge in [0.25, 0.3) is 0 Å². The summed E-state index contributed by atoms with van der Waals surface area (Å²) in [6.07, 6.45) is 5.13. The third-order valence-electron chi connectivity index (χ3n) is 4.17. The first-order chi connectivity index (χ1) is 9.20. The van der Waals surface area contributed by atoms with Crippen molar-refractivity contribution in [1.29, 1.82) is 0 Å². The van der Waals surface area contributed by atoms with Gasteiger partial charge in [-0.15, -0.1) is 12.4 Å². The first kappa shape index (κ1) is 17.0. The Balaban J connectivity index is 0.00000200. The van der Waals surface area contributed by atoms with Gasteiger partial charge in [0.05, 0.1) is 6.42 Å². The van der Waals surface area contributed by atoms with E-state index in [1.54, 1.807) is 0 Å². The molecule has 0 aliphatic heterocycles. The average molecular weight is 297 g/mol. The number of aryl methyl sites for hydroxylation is 1. The summed E-state index contributed by atoms with van der Waals surface area (Å²) in [5.41, 5.74) is 8.08. The summed E-state index contributed by atoms with van der Waals surface area (Å²) in [4.78, 5) is 12.1. The van der Waals surface area contributed by atoms with E-state index in [-0.39, 0.29) is 24.4 Å². The molecule has 1 saturated carbocycles. The second-order valence-corrected chi connectivity index (χ2v) is 5.56. The second kappa shape index (κ2) is 8.28. The van der Waals surface area contributed by atoms with E-state index in [1.165, 1.54) is 18.4 Å². The summed E-state index contributed by atoms with van der Waals surface area (Å²) < 4.78 is 0. The van der Waals surface area contributed by atoms with Gasteiger partial charge in [-0.05, 0) is 43.4 Å². The number of hydrogen-bond donors (Lipinski definition) is 2. The molecular weight excluding hydrogens is 272 g/mol. The maximum Gasteiger partial charge on any atom is 0.224 e. The van der Waals surface area contributed by atoms with E-state index in [4.69, 9.17) is 5.73 Å². The van der Waals surface area contributed by atoms with Crippen molar-refractivity contribution in [3.8, 4) is 0 Å². The molecule has 0 radical (unpaired) electrons. The molecule has 0 spiro atoms. The molecule has 3 nitrogen and oxygen atoms in total. The predicted molar refractivity (Wildman–Crippen MR) is 85.1 cm³/mol. The van der Waals surface area contributed by atoms with Crippen LogP contribution in [0.1, 0.15) is 36.8 Å². The second-order valence-electron chi connectivity index (χ2n) is 5.56. The number of nitrogens with two attached hydrogens (primary N) is 1. The summed E-state index contributed by atoms with van der Waals surface area (Å²) in [5.74, 6) is 0.578. The summed E-state index contributed by atoms with van der Waals surface area (Å²) in [6, 6.07) is 8.33. The van der Waals surface area contributed by atoms with E-state index in [1.807, 2.05) is 31.2 Å². The maximum atomic E-state index is 12.1. The topological polar surface area (TPSA) is 55.1 Å². The minimum atomic E-state index is 0. The fraction of sp³-hybridized carbons (Fsp3) is 0.562. The van der Waals surface area contributed by atoms with Crippen molar-refractivity contribution < 1.29 is 4.79 Å². The fourth-order valence-corrected chi connectivity index (χ4v) is 2.92. The number of benzene rings is 1. The van der Waals surface area contributed by atoms with E-state index < -0.39 is 0 Å². The fourth-order valence-electron chi connectivity index (χ4n) is 2.92. The number of rotatable bonds is 4. The van der Waals surface area contributed by atoms with Gasteiger partial charge >= 0.3 is 0 Å². The van der Waals surface area contributed by atoms with E-state index in [9.17, 15) is 4.79 Å². The zero-order valence-corrected chi connectivity index (χ0v) is 12.9. The monoisotopic (exact) mass is 296 g/mol. The Hall–Kier alpha value is -1.06. The predicted octanol–water partition coefficient (Wildman–Crippen LogP) is 2.59. The number of halogens is 1. The van der Waals surface area contributed by atoms with Gasteiger partial charge in [-0.3, -0.25) is 4.79 Å². The highest BCUT2D eigenvalue weighted by molar-refractivity contribution is 5.85. The van der Waals surface area contributed by atoms with Crippen LogP contribution in [0.5, 0.6) is 0 Å². The van der Waals surface area contributed by atoms with E-state index in [0.29, 0.717) is 18.9 Å². The lowest BCUT2D eigenvalue weighted by molar-refractivity contribution is -0.121. The average Bonchev–Trinajstić information content (AvgIpc) is 2.42. The lowest BCUT2D eigenvalue weighted by atomic mass is 9.84. The molecule has 2 rings (SSSR count). The van der Waals surface area contributed by atoms with Gasteiger partial charge < -0.3 is 11.1 Å². The molecule has 0 bridgehead atoms. The van der Waals surface area contributed by atoms with Gasteiger partial charge in [0.1, 0.15) is 0 Å². The molecular formula is C16H25ClN2O. The Morgan fingerprint density at radius 2 is 2.00 bits per heavy atom. The normalized spacial score (nSPS) is 21.9. The van der Waals surface area contributed by atoms with Crippen molar-refractivity contribution >= 4 is 18.3 Å². The number of amides is 1. The molecule has 2 atom stereocenters. The molecule has 0 aromatic heterocycles. The SMILES string of the molecule is Cc1ccccc1CC(=O)NC1CCCCC1CN.Cl. The number of carbonyl (C=O) groups is 1. The minimum absolute atomic E-state index is 0. The highest BCUT2D eigenvalue weighted by atomic mass is 35.5. The highest BCUT2D eigenvalue weighted by Gasteiger charge is 2.25. The lowest BCUT2D eigenvalue weighted by Gasteiger charge is -2.31. The van der Waals surface area contributed by atoms with Gasteiger partial charge in [-0.25, -0.2) is 0 Å². The Morgan fingerprint density at radius 1 is 1.30 bits per heavy atom. The summed E-state index contributed by atoms with van der Waals surface area (Å²) in [7, 11) is 0. The van der Waals surface area contributed by atoms with Gasteiger partial charge in [0.15, 0.2) is 0 Å². The molecule has 1 aromatic carbocycles. The number of nitrogens with one attached hydrogen (secondary N) is 1. The van der Waals surface area contributed by atoms with Crippen LogP contribution < -0.4 is 11.1 Å². The van der Waals surface area contributed by atoms with Crippen LogP contribution in [0.15, 0.2) is 24.3 Å². The molecule has 1 fully saturated rings. The largest absolute Gasteiger partial charge is 0.353 e. The van der Waals surface area contributed by atoms with Gasteiger partial charge in [-0.1, -0.05) is 37.1 Å². The Morgan fingerprint density at radius 3 is 2.70 bits per heavy atom. The van der Waals surface area contributed by atoms with Crippen molar-refractivity contribution in [2.45, 2.75) is 45.1 Å². The van der Waals surface area contributed by atoms with Crippen molar-refractivity contribution in [3.05, 3.63) is 35.4 Å². The zero-order valence-electron chi connectivity index (χ0n) is 12.1. The standard InChI is InChI=1S/C16H24N2O.ClH/c1-12-6-2-3-7-13(12)10-16(19)18-15-9-5-4-8-14(15)11-17;/h2-3,6-7,14-15H,4-5,8-11,17H2,1H3,(H,18,19);1H. The van der Waals surface area contributed by atoms with Crippen LogP contribution in [0.3, 0.4) is 0 Å². The van der Waals surface area contributed by atoms with Crippen LogP contribution in [-0.4, -0.2) is 18.5 Å². The minimum Gasteiger partial charge on any atom is -0.353 e. The zero-order chi connectivity index (χ0) is 13.7. The molecule has 0 saturated heterocycles. The first-order valence-corrected chi connectivity index (χ1v) is 7.24. The summed E-state index contributed by atoms with van der Waals surface area (Å²) in [6.45, 7) is 2.72. The lowest BCUT2D eigenvalue weighted by Crippen LogP contribution is -2.45. The molecule has 20 heavy (non-hydrogen) atoms. The molecule has 4 heteroatoms. The summed E-state index contributed by atoms with van der Waals surface area (Å²) >= 11 is 0. The van der Waals surface area contributed by atoms with E-state index >= 15 is 0 Å². The molecule has 2 unspecified atom stereocenters. The van der Waals surface area contributed by atoms with Crippen molar-refractivity contribution in [2.75, 3.05) is 6.54 Å². The van der Waals surface area contributed by atoms with Crippen LogP contribution in [-0.2, 0) is 11.2 Å². The van der Waals surface area contributed by atoms with Crippen molar-refractivity contribution in [3.63, 3.8) is 0 Å². The van der Waals surface area contributed by atoms with Crippen LogP contribution >= 0.6 is 12.4 Å². The van der Waals surface area contributed by atoms with E-state index in [0.717, 1.165) is 18.4 Å². The van der Waals surface area contributed by atoms with Crippen LogP contribution in [0.25, 0.3) is 0 Å². The third kappa shape index (κ3) is 4.50. The van der Waals surface area contributed by atoms with Crippen LogP contribution in [0.2, 0.25) is 0 Å². The molecule has 3 N–H and O–H groups in total. The Labute approximate surface area is 127 Å². The highest BCUT2D eigenvalue weighted by Crippen LogP contribution is 2.23. The van der Waals surface area contributed by atoms with Gasteiger partial charge in [0.2, 0.25) is 5.91 Å². The Bertz CT molecular complexity index is 436. The van der Waals surface area contributed by atoms with Crippen LogP contribution in [0.4, 0.5) is 0 Å².